The van der Waals surface area contributed by atoms with Crippen LogP contribution >= 0.6 is 39.1 Å². The fraction of sp³-hybridized carbons (Fsp3) is 0.481. The maximum Gasteiger partial charge on any atom is 0.261 e. The zero-order valence-corrected chi connectivity index (χ0v) is 23.5. The molecular weight excluding hydrogens is 551 g/mol. The Hall–Kier alpha value is -1.76. The summed E-state index contributed by atoms with van der Waals surface area (Å²) < 4.78 is 6.64. The molecule has 1 atom stereocenters. The number of carbonyl (C=O) groups is 2. The summed E-state index contributed by atoms with van der Waals surface area (Å²) in [6, 6.07) is 10.4. The quantitative estimate of drug-likeness (QED) is 0.342. The van der Waals surface area contributed by atoms with Crippen molar-refractivity contribution in [1.29, 1.82) is 0 Å². The number of halogens is 3. The molecule has 1 unspecified atom stereocenters. The summed E-state index contributed by atoms with van der Waals surface area (Å²) in [5, 5.41) is 4.09. The van der Waals surface area contributed by atoms with Crippen LogP contribution in [0.4, 0.5) is 0 Å². The minimum absolute atomic E-state index is 0.154. The summed E-state index contributed by atoms with van der Waals surface area (Å²) in [4.78, 5) is 28.0. The van der Waals surface area contributed by atoms with Crippen LogP contribution in [0.5, 0.6) is 5.75 Å². The van der Waals surface area contributed by atoms with Crippen LogP contribution in [0.3, 0.4) is 0 Å². The number of ether oxygens (including phenoxy) is 1. The predicted octanol–water partition coefficient (Wildman–Crippen LogP) is 7.12. The number of nitrogens with one attached hydrogen (secondary N) is 1. The van der Waals surface area contributed by atoms with Crippen LogP contribution in [0.25, 0.3) is 0 Å². The summed E-state index contributed by atoms with van der Waals surface area (Å²) >= 11 is 16.0. The van der Waals surface area contributed by atoms with E-state index >= 15 is 0 Å². The Morgan fingerprint density at radius 1 is 1.09 bits per heavy atom. The van der Waals surface area contributed by atoms with E-state index < -0.39 is 6.04 Å². The molecule has 0 heterocycles. The van der Waals surface area contributed by atoms with Crippen molar-refractivity contribution in [2.45, 2.75) is 77.4 Å². The number of benzene rings is 2. The van der Waals surface area contributed by atoms with E-state index in [2.05, 4.69) is 35.1 Å². The summed E-state index contributed by atoms with van der Waals surface area (Å²) in [7, 11) is 0. The Kier molecular flexibility index (Phi) is 10.3. The van der Waals surface area contributed by atoms with Gasteiger partial charge in [-0.15, -0.1) is 0 Å². The molecule has 190 valence electrons. The zero-order chi connectivity index (χ0) is 25.5. The first-order chi connectivity index (χ1) is 16.7. The van der Waals surface area contributed by atoms with Crippen molar-refractivity contribution in [1.82, 2.24) is 10.2 Å². The molecule has 0 bridgehead atoms. The van der Waals surface area contributed by atoms with E-state index in [0.29, 0.717) is 27.3 Å². The SMILES string of the molecule is CC(C)c1ccc(OCC(=O)N(Cc2ccc(Cl)cc2Cl)C(C)C(=O)NC2CCCCC2)c(Br)c1. The van der Waals surface area contributed by atoms with Gasteiger partial charge in [0.1, 0.15) is 11.8 Å². The number of hydrogen-bond donors (Lipinski definition) is 1. The van der Waals surface area contributed by atoms with Crippen LogP contribution < -0.4 is 10.1 Å². The Balaban J connectivity index is 1.75. The lowest BCUT2D eigenvalue weighted by atomic mass is 9.95. The van der Waals surface area contributed by atoms with Gasteiger partial charge in [0.05, 0.1) is 4.47 Å². The lowest BCUT2D eigenvalue weighted by Crippen LogP contribution is -2.51. The van der Waals surface area contributed by atoms with Gasteiger partial charge in [0.25, 0.3) is 5.91 Å². The molecule has 0 aliphatic heterocycles. The van der Waals surface area contributed by atoms with E-state index in [4.69, 9.17) is 27.9 Å². The van der Waals surface area contributed by atoms with Gasteiger partial charge in [-0.2, -0.15) is 0 Å². The number of amides is 2. The molecule has 1 N–H and O–H groups in total. The van der Waals surface area contributed by atoms with E-state index in [9.17, 15) is 9.59 Å². The largest absolute Gasteiger partial charge is 0.483 e. The second-order valence-electron chi connectivity index (χ2n) is 9.41. The number of rotatable bonds is 9. The zero-order valence-electron chi connectivity index (χ0n) is 20.5. The Morgan fingerprint density at radius 3 is 2.43 bits per heavy atom. The number of hydrogen-bond acceptors (Lipinski definition) is 3. The van der Waals surface area contributed by atoms with Gasteiger partial charge in [-0.1, -0.05) is 68.4 Å². The third kappa shape index (κ3) is 7.86. The van der Waals surface area contributed by atoms with Crippen molar-refractivity contribution in [2.24, 2.45) is 0 Å². The van der Waals surface area contributed by atoms with Crippen LogP contribution in [0.1, 0.15) is 69.9 Å². The maximum atomic E-state index is 13.4. The van der Waals surface area contributed by atoms with Crippen molar-refractivity contribution < 1.29 is 14.3 Å². The van der Waals surface area contributed by atoms with Crippen molar-refractivity contribution in [3.8, 4) is 5.75 Å². The predicted molar refractivity (Wildman–Crippen MR) is 145 cm³/mol. The van der Waals surface area contributed by atoms with Gasteiger partial charge in [-0.25, -0.2) is 0 Å². The van der Waals surface area contributed by atoms with E-state index in [0.717, 1.165) is 30.2 Å². The Morgan fingerprint density at radius 2 is 1.80 bits per heavy atom. The van der Waals surface area contributed by atoms with Gasteiger partial charge in [0.2, 0.25) is 5.91 Å². The highest BCUT2D eigenvalue weighted by Crippen LogP contribution is 2.29. The van der Waals surface area contributed by atoms with Crippen molar-refractivity contribution in [3.63, 3.8) is 0 Å². The Bertz CT molecular complexity index is 1040. The first-order valence-corrected chi connectivity index (χ1v) is 13.7. The molecular formula is C27H33BrCl2N2O3. The van der Waals surface area contributed by atoms with Crippen molar-refractivity contribution >= 4 is 50.9 Å². The molecule has 0 saturated heterocycles. The molecule has 1 aliphatic carbocycles. The summed E-state index contributed by atoms with van der Waals surface area (Å²) in [6.07, 6.45) is 5.37. The van der Waals surface area contributed by atoms with Crippen LogP contribution in [-0.2, 0) is 16.1 Å². The molecule has 8 heteroatoms. The summed E-state index contributed by atoms with van der Waals surface area (Å²) in [5.41, 5.74) is 1.88. The van der Waals surface area contributed by atoms with Gasteiger partial charge >= 0.3 is 0 Å². The third-order valence-electron chi connectivity index (χ3n) is 6.45. The molecule has 3 rings (SSSR count). The fourth-order valence-corrected chi connectivity index (χ4v) is 5.18. The molecule has 0 radical (unpaired) electrons. The van der Waals surface area contributed by atoms with Crippen LogP contribution in [0.2, 0.25) is 10.0 Å². The first-order valence-electron chi connectivity index (χ1n) is 12.1. The minimum Gasteiger partial charge on any atom is -0.483 e. The average molecular weight is 584 g/mol. The van der Waals surface area contributed by atoms with Gasteiger partial charge in [-0.05, 0) is 77.0 Å². The fourth-order valence-electron chi connectivity index (χ4n) is 4.20. The number of nitrogens with zero attached hydrogens (tertiary/aromatic N) is 1. The van der Waals surface area contributed by atoms with Gasteiger partial charge in [0.15, 0.2) is 6.61 Å². The average Bonchev–Trinajstić information content (AvgIpc) is 2.82. The summed E-state index contributed by atoms with van der Waals surface area (Å²) in [6.45, 7) is 5.95. The molecule has 5 nitrogen and oxygen atoms in total. The summed E-state index contributed by atoms with van der Waals surface area (Å²) in [5.74, 6) is 0.483. The monoisotopic (exact) mass is 582 g/mol. The lowest BCUT2D eigenvalue weighted by Gasteiger charge is -2.31. The Labute approximate surface area is 226 Å². The highest BCUT2D eigenvalue weighted by Gasteiger charge is 2.29. The molecule has 1 fully saturated rings. The molecule has 0 aromatic heterocycles. The topological polar surface area (TPSA) is 58.6 Å². The molecule has 35 heavy (non-hydrogen) atoms. The van der Waals surface area contributed by atoms with E-state index in [1.165, 1.54) is 16.9 Å². The normalized spacial score (nSPS) is 15.1. The minimum atomic E-state index is -0.688. The van der Waals surface area contributed by atoms with E-state index in [1.807, 2.05) is 18.2 Å². The van der Waals surface area contributed by atoms with Gasteiger partial charge < -0.3 is 15.0 Å². The first kappa shape index (κ1) is 27.8. The molecule has 0 spiro atoms. The molecule has 1 saturated carbocycles. The standard InChI is InChI=1S/C27H33BrCl2N2O3/c1-17(2)19-10-12-25(23(28)13-19)35-16-26(33)32(15-20-9-11-21(29)14-24(20)30)18(3)27(34)31-22-7-5-4-6-8-22/h9-14,17-18,22H,4-8,15-16H2,1-3H3,(H,31,34). The molecule has 2 aromatic carbocycles. The van der Waals surface area contributed by atoms with Crippen molar-refractivity contribution in [2.75, 3.05) is 6.61 Å². The van der Waals surface area contributed by atoms with Gasteiger partial charge in [-0.3, -0.25) is 9.59 Å². The second-order valence-corrected chi connectivity index (χ2v) is 11.1. The molecule has 2 amide bonds. The second kappa shape index (κ2) is 13.0. The lowest BCUT2D eigenvalue weighted by molar-refractivity contribution is -0.142. The highest BCUT2D eigenvalue weighted by molar-refractivity contribution is 9.10. The van der Waals surface area contributed by atoms with Crippen LogP contribution in [-0.4, -0.2) is 35.4 Å². The van der Waals surface area contributed by atoms with E-state index in [1.54, 1.807) is 25.1 Å². The molecule has 2 aromatic rings. The van der Waals surface area contributed by atoms with Crippen LogP contribution in [0, 0.1) is 0 Å². The number of carbonyl (C=O) groups excluding carboxylic acids is 2. The van der Waals surface area contributed by atoms with E-state index in [-0.39, 0.29) is 31.0 Å². The highest BCUT2D eigenvalue weighted by atomic mass is 79.9. The van der Waals surface area contributed by atoms with Gasteiger partial charge in [0, 0.05) is 22.6 Å². The molecule has 1 aliphatic rings. The maximum absolute atomic E-state index is 13.4. The van der Waals surface area contributed by atoms with Crippen molar-refractivity contribution in [3.05, 3.63) is 62.0 Å². The van der Waals surface area contributed by atoms with Crippen LogP contribution in [0.15, 0.2) is 40.9 Å². The smallest absolute Gasteiger partial charge is 0.261 e. The third-order valence-corrected chi connectivity index (χ3v) is 7.66.